The number of nitrogens with zero attached hydrogens (tertiary/aromatic N) is 4. The van der Waals surface area contributed by atoms with Gasteiger partial charge in [0.2, 0.25) is 23.6 Å². The average molecular weight is 612 g/mol. The van der Waals surface area contributed by atoms with Gasteiger partial charge in [-0.3, -0.25) is 19.0 Å². The number of benzene rings is 2. The third-order valence-electron chi connectivity index (χ3n) is 7.18. The summed E-state index contributed by atoms with van der Waals surface area (Å²) in [7, 11) is 0. The van der Waals surface area contributed by atoms with Crippen molar-refractivity contribution in [3.8, 4) is 11.6 Å². The van der Waals surface area contributed by atoms with Gasteiger partial charge in [-0.1, -0.05) is 12.6 Å². The maximum Gasteiger partial charge on any atom is 0.312 e. The van der Waals surface area contributed by atoms with E-state index in [0.29, 0.717) is 29.0 Å². The van der Waals surface area contributed by atoms with E-state index >= 15 is 0 Å². The second-order valence-electron chi connectivity index (χ2n) is 11.8. The van der Waals surface area contributed by atoms with Crippen molar-refractivity contribution < 1.29 is 23.9 Å². The summed E-state index contributed by atoms with van der Waals surface area (Å²) >= 11 is 0. The number of carbonyl (C=O) groups excluding carboxylic acids is 3. The Kier molecular flexibility index (Phi) is 9.03. The number of anilines is 4. The number of esters is 1. The highest BCUT2D eigenvalue weighted by Gasteiger charge is 2.25. The minimum Gasteiger partial charge on any atom is -0.443 e. The van der Waals surface area contributed by atoms with Gasteiger partial charge in [0, 0.05) is 55.4 Å². The first-order chi connectivity index (χ1) is 21.5. The number of amides is 2. The molecule has 1 aliphatic heterocycles. The summed E-state index contributed by atoms with van der Waals surface area (Å²) in [6.07, 6.45) is 3.84. The van der Waals surface area contributed by atoms with Crippen molar-refractivity contribution in [2.75, 3.05) is 29.0 Å². The predicted molar refractivity (Wildman–Crippen MR) is 172 cm³/mol. The lowest BCUT2D eigenvalue weighted by Gasteiger charge is -2.17. The lowest BCUT2D eigenvalue weighted by Crippen LogP contribution is -2.29. The topological polar surface area (TPSA) is 140 Å². The van der Waals surface area contributed by atoms with Crippen LogP contribution in [0.1, 0.15) is 34.1 Å². The largest absolute Gasteiger partial charge is 0.443 e. The molecule has 234 valence electrons. The van der Waals surface area contributed by atoms with Crippen molar-refractivity contribution in [2.45, 2.75) is 46.9 Å². The molecule has 0 bridgehead atoms. The van der Waals surface area contributed by atoms with Crippen molar-refractivity contribution in [2.24, 2.45) is 5.41 Å². The second-order valence-corrected chi connectivity index (χ2v) is 11.8. The number of aromatic nitrogens is 3. The van der Waals surface area contributed by atoms with Gasteiger partial charge in [0.1, 0.15) is 5.75 Å². The molecule has 3 heterocycles. The van der Waals surface area contributed by atoms with Crippen molar-refractivity contribution in [1.82, 2.24) is 19.4 Å². The molecule has 12 nitrogen and oxygen atoms in total. The van der Waals surface area contributed by atoms with Crippen LogP contribution in [0.5, 0.6) is 11.6 Å². The Morgan fingerprint density at radius 3 is 2.49 bits per heavy atom. The molecule has 0 spiro atoms. The number of likely N-dealkylation sites (tertiary alicyclic amines) is 1. The number of rotatable bonds is 10. The summed E-state index contributed by atoms with van der Waals surface area (Å²) in [5.74, 6) is 0.388. The van der Waals surface area contributed by atoms with E-state index in [1.54, 1.807) is 68.8 Å². The van der Waals surface area contributed by atoms with Gasteiger partial charge in [-0.05, 0) is 75.7 Å². The van der Waals surface area contributed by atoms with Crippen LogP contribution in [0, 0.1) is 5.41 Å². The smallest absolute Gasteiger partial charge is 0.312 e. The minimum absolute atomic E-state index is 0.0405. The minimum atomic E-state index is -0.656. The summed E-state index contributed by atoms with van der Waals surface area (Å²) in [4.78, 5) is 47.2. The number of ether oxygens (including phenoxy) is 2. The molecule has 2 aromatic heterocycles. The van der Waals surface area contributed by atoms with Crippen LogP contribution in [-0.2, 0) is 25.9 Å². The van der Waals surface area contributed by atoms with E-state index in [-0.39, 0.29) is 42.4 Å². The van der Waals surface area contributed by atoms with Gasteiger partial charge >= 0.3 is 5.97 Å². The van der Waals surface area contributed by atoms with Crippen LogP contribution < -0.4 is 20.7 Å². The van der Waals surface area contributed by atoms with Gasteiger partial charge in [0.25, 0.3) is 0 Å². The fourth-order valence-corrected chi connectivity index (χ4v) is 4.74. The van der Waals surface area contributed by atoms with Gasteiger partial charge in [-0.25, -0.2) is 0 Å². The average Bonchev–Trinajstić information content (AvgIpc) is 3.64. The van der Waals surface area contributed by atoms with Crippen molar-refractivity contribution in [3.05, 3.63) is 73.4 Å². The molecule has 0 saturated carbocycles. The molecule has 1 atom stereocenters. The third kappa shape index (κ3) is 7.77. The number of fused-ring (bicyclic) bond motifs is 1. The fraction of sp³-hybridized carbons (Fsp3) is 0.303. The molecule has 2 amide bonds. The summed E-state index contributed by atoms with van der Waals surface area (Å²) < 4.78 is 13.5. The number of nitrogens with one attached hydrogen (secondary N) is 3. The molecule has 1 fully saturated rings. The number of hydrogen-bond donors (Lipinski definition) is 3. The third-order valence-corrected chi connectivity index (χ3v) is 7.18. The summed E-state index contributed by atoms with van der Waals surface area (Å²) in [6, 6.07) is 16.6. The van der Waals surface area contributed by atoms with E-state index in [1.165, 1.54) is 6.08 Å². The number of hydrogen-bond acceptors (Lipinski definition) is 9. The second kappa shape index (κ2) is 13.1. The molecule has 2 aromatic carbocycles. The van der Waals surface area contributed by atoms with E-state index in [2.05, 4.69) is 27.5 Å². The predicted octanol–water partition coefficient (Wildman–Crippen LogP) is 5.67. The molecular weight excluding hydrogens is 574 g/mol. The van der Waals surface area contributed by atoms with Gasteiger partial charge in [-0.2, -0.15) is 9.97 Å². The van der Waals surface area contributed by atoms with Crippen LogP contribution in [-0.4, -0.2) is 56.3 Å². The summed E-state index contributed by atoms with van der Waals surface area (Å²) in [6.45, 7) is 11.8. The van der Waals surface area contributed by atoms with Gasteiger partial charge in [0.05, 0.1) is 10.8 Å². The van der Waals surface area contributed by atoms with Gasteiger partial charge in [0.15, 0.2) is 12.4 Å². The highest BCUT2D eigenvalue weighted by Crippen LogP contribution is 2.32. The van der Waals surface area contributed by atoms with Crippen LogP contribution in [0.3, 0.4) is 0 Å². The molecule has 0 aliphatic carbocycles. The molecule has 0 unspecified atom stereocenters. The lowest BCUT2D eigenvalue weighted by molar-refractivity contribution is -0.156. The van der Waals surface area contributed by atoms with E-state index in [9.17, 15) is 14.4 Å². The van der Waals surface area contributed by atoms with Gasteiger partial charge < -0.3 is 30.3 Å². The Labute approximate surface area is 261 Å². The molecule has 1 saturated heterocycles. The zero-order valence-electron chi connectivity index (χ0n) is 25.8. The SMILES string of the molecule is C=CC(=O)Nc1cccc(Oc2nc(Nc3ccc(N[C@H]4CCN(C(C)=O)C4)cc3)nc3c2ccn3COC(=O)C(C)(C)C)c1. The molecule has 5 rings (SSSR count). The highest BCUT2D eigenvalue weighted by molar-refractivity contribution is 5.99. The van der Waals surface area contributed by atoms with Crippen molar-refractivity contribution in [3.63, 3.8) is 0 Å². The molecule has 1 aliphatic rings. The normalized spacial score (nSPS) is 14.6. The monoisotopic (exact) mass is 611 g/mol. The molecule has 4 aromatic rings. The molecule has 3 N–H and O–H groups in total. The standard InChI is InChI=1S/C33H37N7O5/c1-6-28(42)35-24-8-7-9-26(18-24)45-30-27-15-17-40(20-44-31(43)33(3,4)5)29(27)37-32(38-30)36-23-12-10-22(11-13-23)34-25-14-16-39(19-25)21(2)41/h6-13,15,17-18,25,34H,1,14,16,19-20H2,2-5H3,(H,35,42)(H,36,37,38)/t25-/m0/s1. The number of carbonyl (C=O) groups is 3. The highest BCUT2D eigenvalue weighted by atomic mass is 16.5. The Balaban J connectivity index is 1.40. The van der Waals surface area contributed by atoms with Gasteiger partial charge in [-0.15, -0.1) is 0 Å². The van der Waals surface area contributed by atoms with Crippen LogP contribution in [0.25, 0.3) is 11.0 Å². The zero-order valence-corrected chi connectivity index (χ0v) is 25.8. The molecule has 0 radical (unpaired) electrons. The molecule has 12 heteroatoms. The lowest BCUT2D eigenvalue weighted by atomic mass is 9.98. The maximum absolute atomic E-state index is 12.5. The Morgan fingerprint density at radius 1 is 1.04 bits per heavy atom. The van der Waals surface area contributed by atoms with Crippen molar-refractivity contribution in [1.29, 1.82) is 0 Å². The molecular formula is C33H37N7O5. The first kappa shape index (κ1) is 31.0. The van der Waals surface area contributed by atoms with Crippen LogP contribution in [0.15, 0.2) is 73.4 Å². The summed E-state index contributed by atoms with van der Waals surface area (Å²) in [5.41, 5.74) is 2.06. The summed E-state index contributed by atoms with van der Waals surface area (Å²) in [5, 5.41) is 10.0. The maximum atomic E-state index is 12.5. The quantitative estimate of drug-likeness (QED) is 0.153. The first-order valence-corrected chi connectivity index (χ1v) is 14.6. The van der Waals surface area contributed by atoms with E-state index < -0.39 is 5.41 Å². The zero-order chi connectivity index (χ0) is 32.1. The van der Waals surface area contributed by atoms with E-state index in [4.69, 9.17) is 14.5 Å². The Bertz CT molecular complexity index is 1730. The van der Waals surface area contributed by atoms with Crippen LogP contribution >= 0.6 is 0 Å². The Morgan fingerprint density at radius 2 is 1.80 bits per heavy atom. The van der Waals surface area contributed by atoms with E-state index in [1.807, 2.05) is 29.2 Å². The van der Waals surface area contributed by atoms with Crippen LogP contribution in [0.4, 0.5) is 23.0 Å². The first-order valence-electron chi connectivity index (χ1n) is 14.6. The van der Waals surface area contributed by atoms with Crippen molar-refractivity contribution >= 4 is 51.8 Å². The van der Waals surface area contributed by atoms with Crippen LogP contribution in [0.2, 0.25) is 0 Å². The fourth-order valence-electron chi connectivity index (χ4n) is 4.74. The van der Waals surface area contributed by atoms with E-state index in [0.717, 1.165) is 24.3 Å². The Hall–Kier alpha value is -5.39. The molecule has 45 heavy (non-hydrogen) atoms.